The van der Waals surface area contributed by atoms with Crippen LogP contribution in [-0.2, 0) is 25.7 Å². The van der Waals surface area contributed by atoms with Gasteiger partial charge in [-0.2, -0.15) is 0 Å². The number of hydrogen-bond donors (Lipinski definition) is 2. The summed E-state index contributed by atoms with van der Waals surface area (Å²) in [4.78, 5) is 43.1. The van der Waals surface area contributed by atoms with Crippen molar-refractivity contribution in [2.45, 2.75) is 72.7 Å². The highest BCUT2D eigenvalue weighted by Crippen LogP contribution is 2.14. The van der Waals surface area contributed by atoms with Crippen LogP contribution < -0.4 is 5.43 Å². The highest BCUT2D eigenvalue weighted by molar-refractivity contribution is 5.99. The molecule has 1 aromatic rings. The number of ether oxygens (including phenoxy) is 3. The Bertz CT molecular complexity index is 816. The summed E-state index contributed by atoms with van der Waals surface area (Å²) in [5, 5.41) is 9.29. The maximum Gasteiger partial charge on any atom is 0.442 e. The van der Waals surface area contributed by atoms with E-state index in [0.29, 0.717) is 22.1 Å². The van der Waals surface area contributed by atoms with Crippen molar-refractivity contribution in [3.63, 3.8) is 0 Å². The molecule has 0 atom stereocenters. The van der Waals surface area contributed by atoms with E-state index in [1.54, 1.807) is 72.7 Å². The molecule has 0 aromatic heterocycles. The van der Waals surface area contributed by atoms with Gasteiger partial charge >= 0.3 is 18.3 Å². The molecule has 3 amide bonds. The summed E-state index contributed by atoms with van der Waals surface area (Å²) in [7, 11) is 0. The summed E-state index contributed by atoms with van der Waals surface area (Å²) < 4.78 is 15.6. The molecule has 0 spiro atoms. The maximum absolute atomic E-state index is 12.8. The number of guanidine groups is 1. The van der Waals surface area contributed by atoms with E-state index in [0.717, 1.165) is 0 Å². The first kappa shape index (κ1) is 27.7. The van der Waals surface area contributed by atoms with E-state index < -0.39 is 35.4 Å². The summed E-state index contributed by atoms with van der Waals surface area (Å²) in [6, 6.07) is 8.89. The molecule has 0 aliphatic carbocycles. The SMILES string of the molecule is CCCON(C(=N)N(NC(=O)OCc1ccccc1)C(=O)OC(C)(C)C)C(=O)OC(C)(C)C. The Morgan fingerprint density at radius 1 is 0.939 bits per heavy atom. The largest absolute Gasteiger partial charge is 0.443 e. The predicted octanol–water partition coefficient (Wildman–Crippen LogP) is 4.58. The van der Waals surface area contributed by atoms with Gasteiger partial charge in [0.05, 0.1) is 6.61 Å². The number of hydrazine groups is 1. The number of carbonyl (C=O) groups excluding carboxylic acids is 3. The Hall–Kier alpha value is -3.34. The van der Waals surface area contributed by atoms with E-state index >= 15 is 0 Å². The van der Waals surface area contributed by atoms with Crippen molar-refractivity contribution in [2.75, 3.05) is 6.61 Å². The van der Waals surface area contributed by atoms with Gasteiger partial charge in [-0.25, -0.2) is 19.8 Å². The number of rotatable bonds is 5. The van der Waals surface area contributed by atoms with Crippen LogP contribution in [0, 0.1) is 5.41 Å². The average molecular weight is 467 g/mol. The maximum atomic E-state index is 12.8. The third-order valence-corrected chi connectivity index (χ3v) is 3.38. The van der Waals surface area contributed by atoms with Gasteiger partial charge in [0, 0.05) is 0 Å². The summed E-state index contributed by atoms with van der Waals surface area (Å²) in [5.74, 6) is -0.844. The van der Waals surface area contributed by atoms with E-state index in [1.165, 1.54) is 0 Å². The van der Waals surface area contributed by atoms with Gasteiger partial charge in [0.15, 0.2) is 0 Å². The summed E-state index contributed by atoms with van der Waals surface area (Å²) >= 11 is 0. The monoisotopic (exact) mass is 466 g/mol. The van der Waals surface area contributed by atoms with Gasteiger partial charge < -0.3 is 14.2 Å². The molecule has 0 fully saturated rings. The van der Waals surface area contributed by atoms with Crippen LogP contribution in [0.5, 0.6) is 0 Å². The van der Waals surface area contributed by atoms with Crippen LogP contribution in [0.4, 0.5) is 14.4 Å². The van der Waals surface area contributed by atoms with Crippen molar-refractivity contribution in [2.24, 2.45) is 0 Å². The van der Waals surface area contributed by atoms with Crippen LogP contribution in [-0.4, -0.2) is 52.1 Å². The van der Waals surface area contributed by atoms with E-state index in [1.807, 2.05) is 6.07 Å². The molecule has 11 heteroatoms. The Balaban J connectivity index is 3.09. The van der Waals surface area contributed by atoms with Crippen LogP contribution in [0.1, 0.15) is 60.5 Å². The topological polar surface area (TPSA) is 130 Å². The molecule has 1 rings (SSSR count). The molecular formula is C22H34N4O7. The van der Waals surface area contributed by atoms with Gasteiger partial charge in [-0.15, -0.1) is 10.1 Å². The zero-order chi connectivity index (χ0) is 25.2. The van der Waals surface area contributed by atoms with E-state index in [2.05, 4.69) is 5.43 Å². The fourth-order valence-electron chi connectivity index (χ4n) is 2.12. The Morgan fingerprint density at radius 2 is 1.48 bits per heavy atom. The number of amides is 3. The molecule has 0 aliphatic rings. The predicted molar refractivity (Wildman–Crippen MR) is 120 cm³/mol. The quantitative estimate of drug-likeness (QED) is 0.281. The highest BCUT2D eigenvalue weighted by Gasteiger charge is 2.36. The second-order valence-electron chi connectivity index (χ2n) is 8.92. The van der Waals surface area contributed by atoms with Crippen molar-refractivity contribution in [1.82, 2.24) is 15.5 Å². The van der Waals surface area contributed by atoms with Crippen molar-refractivity contribution in [3.8, 4) is 0 Å². The van der Waals surface area contributed by atoms with Crippen molar-refractivity contribution >= 4 is 24.2 Å². The number of hydrogen-bond acceptors (Lipinski definition) is 8. The Labute approximate surface area is 194 Å². The zero-order valence-corrected chi connectivity index (χ0v) is 20.3. The molecule has 0 radical (unpaired) electrons. The standard InChI is InChI=1S/C22H34N4O7/c1-8-14-31-26(20(29)33-22(5,6)7)17(23)25(19(28)32-21(2,3)4)24-18(27)30-15-16-12-10-9-11-13-16/h9-13,23H,8,14-15H2,1-7H3,(H,24,27). The number of benzene rings is 1. The first-order chi connectivity index (χ1) is 15.2. The number of nitrogens with one attached hydrogen (secondary N) is 2. The minimum absolute atomic E-state index is 0.0439. The summed E-state index contributed by atoms with van der Waals surface area (Å²) in [6.45, 7) is 11.5. The molecule has 1 aromatic carbocycles. The molecule has 33 heavy (non-hydrogen) atoms. The minimum Gasteiger partial charge on any atom is -0.443 e. The molecule has 184 valence electrons. The van der Waals surface area contributed by atoms with Crippen molar-refractivity contribution < 1.29 is 33.4 Å². The molecule has 0 bridgehead atoms. The summed E-state index contributed by atoms with van der Waals surface area (Å²) in [5.41, 5.74) is 0.993. The summed E-state index contributed by atoms with van der Waals surface area (Å²) in [6.07, 6.45) is -2.72. The van der Waals surface area contributed by atoms with Gasteiger partial charge in [0.25, 0.3) is 5.96 Å². The fourth-order valence-corrected chi connectivity index (χ4v) is 2.12. The van der Waals surface area contributed by atoms with E-state index in [9.17, 15) is 14.4 Å². The third-order valence-electron chi connectivity index (χ3n) is 3.38. The van der Waals surface area contributed by atoms with Gasteiger partial charge in [0.2, 0.25) is 0 Å². The van der Waals surface area contributed by atoms with Gasteiger partial charge in [-0.3, -0.25) is 10.2 Å². The van der Waals surface area contributed by atoms with Crippen LogP contribution in [0.15, 0.2) is 30.3 Å². The smallest absolute Gasteiger partial charge is 0.442 e. The lowest BCUT2D eigenvalue weighted by Gasteiger charge is -2.32. The lowest BCUT2D eigenvalue weighted by molar-refractivity contribution is -0.108. The van der Waals surface area contributed by atoms with Crippen LogP contribution in [0.25, 0.3) is 0 Å². The van der Waals surface area contributed by atoms with E-state index in [4.69, 9.17) is 24.5 Å². The second-order valence-corrected chi connectivity index (χ2v) is 8.92. The molecule has 0 aliphatic heterocycles. The molecule has 0 saturated heterocycles. The van der Waals surface area contributed by atoms with Crippen molar-refractivity contribution in [3.05, 3.63) is 35.9 Å². The molecule has 0 heterocycles. The van der Waals surface area contributed by atoms with Gasteiger partial charge in [0.1, 0.15) is 17.8 Å². The third kappa shape index (κ3) is 10.7. The van der Waals surface area contributed by atoms with Crippen LogP contribution >= 0.6 is 0 Å². The Kier molecular flexibility index (Phi) is 10.1. The molecule has 11 nitrogen and oxygen atoms in total. The van der Waals surface area contributed by atoms with Gasteiger partial charge in [-0.1, -0.05) is 37.3 Å². The number of carbonyl (C=O) groups is 3. The van der Waals surface area contributed by atoms with E-state index in [-0.39, 0.29) is 13.2 Å². The lowest BCUT2D eigenvalue weighted by atomic mass is 10.2. The number of nitrogens with zero attached hydrogens (tertiary/aromatic N) is 2. The zero-order valence-electron chi connectivity index (χ0n) is 20.3. The molecule has 0 unspecified atom stereocenters. The molecule has 2 N–H and O–H groups in total. The molecule has 0 saturated carbocycles. The average Bonchev–Trinajstić information content (AvgIpc) is 2.68. The highest BCUT2D eigenvalue weighted by atomic mass is 16.7. The van der Waals surface area contributed by atoms with Crippen molar-refractivity contribution in [1.29, 1.82) is 5.41 Å². The normalized spacial score (nSPS) is 11.2. The fraction of sp³-hybridized carbons (Fsp3) is 0.545. The Morgan fingerprint density at radius 3 is 2.00 bits per heavy atom. The lowest BCUT2D eigenvalue weighted by Crippen LogP contribution is -2.58. The molecular weight excluding hydrogens is 432 g/mol. The minimum atomic E-state index is -1.13. The second kappa shape index (κ2) is 12.0. The van der Waals surface area contributed by atoms with Crippen LogP contribution in [0.3, 0.4) is 0 Å². The van der Waals surface area contributed by atoms with Gasteiger partial charge in [-0.05, 0) is 53.5 Å². The first-order valence-electron chi connectivity index (χ1n) is 10.5. The first-order valence-corrected chi connectivity index (χ1v) is 10.5. The number of hydroxylamine groups is 2. The van der Waals surface area contributed by atoms with Crippen LogP contribution in [0.2, 0.25) is 0 Å².